The Kier molecular flexibility index (Phi) is 3.53. The van der Waals surface area contributed by atoms with Gasteiger partial charge in [-0.1, -0.05) is 42.5 Å². The van der Waals surface area contributed by atoms with Crippen LogP contribution in [0.4, 0.5) is 0 Å². The maximum Gasteiger partial charge on any atom is 0.251 e. The fourth-order valence-corrected chi connectivity index (χ4v) is 11.1. The van der Waals surface area contributed by atoms with Crippen molar-refractivity contribution in [3.63, 3.8) is 0 Å². The lowest BCUT2D eigenvalue weighted by Crippen LogP contribution is -2.90. The number of piperidine rings is 1. The van der Waals surface area contributed by atoms with E-state index in [1.165, 1.54) is 25.8 Å². The van der Waals surface area contributed by atoms with E-state index in [4.69, 9.17) is 5.73 Å². The van der Waals surface area contributed by atoms with E-state index in [1.807, 2.05) is 30.3 Å². The Morgan fingerprint density at radius 1 is 1.09 bits per heavy atom. The normalized spacial score (nSPS) is 44.9. The molecule has 3 N–H and O–H groups in total. The van der Waals surface area contributed by atoms with Gasteiger partial charge in [-0.05, 0) is 86.2 Å². The topological polar surface area (TPSA) is 58.4 Å². The van der Waals surface area contributed by atoms with Gasteiger partial charge in [0.1, 0.15) is 0 Å². The van der Waals surface area contributed by atoms with Gasteiger partial charge in [0, 0.05) is 40.4 Å². The number of carbonyl (C=O) groups is 1. The van der Waals surface area contributed by atoms with Gasteiger partial charge in [0.05, 0.1) is 0 Å². The molecule has 4 heteroatoms. The third-order valence-corrected chi connectivity index (χ3v) is 11.3. The molecule has 4 nitrogen and oxygen atoms in total. The Morgan fingerprint density at radius 3 is 2.76 bits per heavy atom. The molecule has 1 saturated heterocycles. The smallest absolute Gasteiger partial charge is 0.251 e. The van der Waals surface area contributed by atoms with Crippen LogP contribution in [0, 0.1) is 28.6 Å². The van der Waals surface area contributed by atoms with Gasteiger partial charge < -0.3 is 11.1 Å². The van der Waals surface area contributed by atoms with Crippen LogP contribution in [0.3, 0.4) is 0 Å². The number of hydrogen-bond acceptors (Lipinski definition) is 3. The molecule has 8 rings (SSSR count). The highest BCUT2D eigenvalue weighted by Gasteiger charge is 2.98. The van der Waals surface area contributed by atoms with Crippen molar-refractivity contribution < 1.29 is 4.79 Å². The van der Waals surface area contributed by atoms with Gasteiger partial charge in [-0.3, -0.25) is 9.69 Å². The molecule has 3 spiro atoms. The fourth-order valence-electron chi connectivity index (χ4n) is 11.1. The summed E-state index contributed by atoms with van der Waals surface area (Å²) in [4.78, 5) is 16.1. The fraction of sp³-hybridized carbons (Fsp3) is 0.552. The van der Waals surface area contributed by atoms with E-state index in [1.54, 1.807) is 11.1 Å². The molecule has 1 heterocycles. The SMILES string of the molecule is NCCCN1CC23Cc4ccccc4C24C2C(NC(=O)c5ccccc5)CCC5C2CC54C13. The average molecular weight is 440 g/mol. The highest BCUT2D eigenvalue weighted by atomic mass is 16.1. The van der Waals surface area contributed by atoms with Crippen molar-refractivity contribution in [1.29, 1.82) is 0 Å². The lowest BCUT2D eigenvalue weighted by atomic mass is 9.27. The molecule has 0 radical (unpaired) electrons. The third kappa shape index (κ3) is 1.81. The molecule has 1 amide bonds. The Labute approximate surface area is 195 Å². The second-order valence-electron chi connectivity index (χ2n) is 11.9. The van der Waals surface area contributed by atoms with E-state index < -0.39 is 0 Å². The summed E-state index contributed by atoms with van der Waals surface area (Å²) in [5.41, 5.74) is 11.1. The minimum absolute atomic E-state index is 0.114. The highest BCUT2D eigenvalue weighted by Crippen LogP contribution is 2.95. The molecule has 170 valence electrons. The van der Waals surface area contributed by atoms with Gasteiger partial charge in [0.15, 0.2) is 0 Å². The standard InChI is InChI=1S/C29H33N3O/c30-13-6-14-32-17-27-15-19-9-4-5-10-21(19)29(27)24-20-16-28(29,26(27)32)22(20)11-12-23(24)31-25(33)18-7-2-1-3-8-18/h1-5,7-10,20,22-24,26H,6,11-17,30H2,(H,31,33). The van der Waals surface area contributed by atoms with Gasteiger partial charge in [-0.2, -0.15) is 0 Å². The van der Waals surface area contributed by atoms with Crippen LogP contribution in [-0.2, 0) is 11.8 Å². The number of carbonyl (C=O) groups excluding carboxylic acids is 1. The predicted octanol–water partition coefficient (Wildman–Crippen LogP) is 3.36. The first-order valence-corrected chi connectivity index (χ1v) is 13.1. The van der Waals surface area contributed by atoms with Crippen LogP contribution in [-0.4, -0.2) is 42.5 Å². The Morgan fingerprint density at radius 2 is 1.91 bits per heavy atom. The molecule has 4 bridgehead atoms. The van der Waals surface area contributed by atoms with Crippen LogP contribution in [0.5, 0.6) is 0 Å². The van der Waals surface area contributed by atoms with E-state index in [0.29, 0.717) is 22.8 Å². The molecule has 8 atom stereocenters. The van der Waals surface area contributed by atoms with Crippen LogP contribution in [0.2, 0.25) is 0 Å². The lowest BCUT2D eigenvalue weighted by Gasteiger charge is -2.84. The first-order chi connectivity index (χ1) is 16.2. The predicted molar refractivity (Wildman–Crippen MR) is 128 cm³/mol. The number of benzene rings is 2. The van der Waals surface area contributed by atoms with Gasteiger partial charge in [-0.15, -0.1) is 0 Å². The van der Waals surface area contributed by atoms with Crippen LogP contribution in [0.1, 0.15) is 47.2 Å². The zero-order valence-corrected chi connectivity index (χ0v) is 19.2. The highest BCUT2D eigenvalue weighted by molar-refractivity contribution is 5.94. The van der Waals surface area contributed by atoms with E-state index in [0.717, 1.165) is 49.4 Å². The van der Waals surface area contributed by atoms with E-state index >= 15 is 0 Å². The average Bonchev–Trinajstić information content (AvgIpc) is 3.32. The molecular formula is C29H33N3O. The summed E-state index contributed by atoms with van der Waals surface area (Å²) in [5.74, 6) is 2.34. The Balaban J connectivity index is 1.22. The van der Waals surface area contributed by atoms with Gasteiger partial charge >= 0.3 is 0 Å². The second-order valence-corrected chi connectivity index (χ2v) is 11.9. The van der Waals surface area contributed by atoms with E-state index in [9.17, 15) is 4.79 Å². The van der Waals surface area contributed by atoms with Gasteiger partial charge in [0.25, 0.3) is 5.91 Å². The van der Waals surface area contributed by atoms with Crippen molar-refractivity contribution in [3.05, 3.63) is 71.3 Å². The van der Waals surface area contributed by atoms with Crippen molar-refractivity contribution in [2.45, 2.75) is 49.6 Å². The summed E-state index contributed by atoms with van der Waals surface area (Å²) in [6.45, 7) is 3.17. The first-order valence-electron chi connectivity index (χ1n) is 13.1. The zero-order chi connectivity index (χ0) is 22.0. The van der Waals surface area contributed by atoms with E-state index in [2.05, 4.69) is 34.5 Å². The molecule has 4 saturated carbocycles. The molecule has 2 aromatic carbocycles. The van der Waals surface area contributed by atoms with Crippen molar-refractivity contribution in [2.24, 2.45) is 34.3 Å². The monoisotopic (exact) mass is 439 g/mol. The minimum Gasteiger partial charge on any atom is -0.349 e. The number of likely N-dealkylation sites (tertiary alicyclic amines) is 1. The van der Waals surface area contributed by atoms with Gasteiger partial charge in [0.2, 0.25) is 0 Å². The molecule has 5 fully saturated rings. The number of fused-ring (bicyclic) bond motifs is 1. The summed E-state index contributed by atoms with van der Waals surface area (Å²) in [5, 5.41) is 3.57. The molecule has 2 aromatic rings. The Hall–Kier alpha value is -2.17. The summed E-state index contributed by atoms with van der Waals surface area (Å²) in [6.07, 6.45) is 6.14. The van der Waals surface area contributed by atoms with Gasteiger partial charge in [-0.25, -0.2) is 0 Å². The van der Waals surface area contributed by atoms with Crippen molar-refractivity contribution >= 4 is 5.91 Å². The summed E-state index contributed by atoms with van der Waals surface area (Å²) < 4.78 is 0. The first kappa shape index (κ1) is 19.2. The largest absolute Gasteiger partial charge is 0.349 e. The number of amides is 1. The summed E-state index contributed by atoms with van der Waals surface area (Å²) in [7, 11) is 0. The molecular weight excluding hydrogens is 406 g/mol. The van der Waals surface area contributed by atoms with Crippen LogP contribution < -0.4 is 11.1 Å². The van der Waals surface area contributed by atoms with Crippen molar-refractivity contribution in [3.8, 4) is 0 Å². The summed E-state index contributed by atoms with van der Waals surface area (Å²) in [6, 6.07) is 20.2. The van der Waals surface area contributed by atoms with Crippen molar-refractivity contribution in [1.82, 2.24) is 10.2 Å². The van der Waals surface area contributed by atoms with E-state index in [-0.39, 0.29) is 11.3 Å². The Bertz CT molecular complexity index is 1160. The number of hydrogen-bond donors (Lipinski definition) is 2. The van der Waals surface area contributed by atoms with Crippen LogP contribution in [0.15, 0.2) is 54.6 Å². The minimum atomic E-state index is 0.114. The molecule has 8 unspecified atom stereocenters. The quantitative estimate of drug-likeness (QED) is 0.751. The molecule has 1 aliphatic heterocycles. The zero-order valence-electron chi connectivity index (χ0n) is 19.2. The second kappa shape index (κ2) is 6.09. The third-order valence-electron chi connectivity index (χ3n) is 11.3. The number of nitrogens with one attached hydrogen (secondary N) is 1. The molecule has 6 aliphatic rings. The maximum atomic E-state index is 13.2. The summed E-state index contributed by atoms with van der Waals surface area (Å²) >= 11 is 0. The lowest BCUT2D eigenvalue weighted by molar-refractivity contribution is -0.326. The van der Waals surface area contributed by atoms with Crippen LogP contribution in [0.25, 0.3) is 0 Å². The number of nitrogens with two attached hydrogens (primary N) is 1. The molecule has 5 aliphatic carbocycles. The van der Waals surface area contributed by atoms with Crippen LogP contribution >= 0.6 is 0 Å². The maximum absolute atomic E-state index is 13.2. The molecule has 0 aromatic heterocycles. The number of rotatable bonds is 5. The number of nitrogens with zero attached hydrogens (tertiary/aromatic N) is 1. The molecule has 33 heavy (non-hydrogen) atoms. The van der Waals surface area contributed by atoms with Crippen molar-refractivity contribution in [2.75, 3.05) is 19.6 Å².